The Kier molecular flexibility index (Phi) is 7.12. The molecule has 0 spiro atoms. The van der Waals surface area contributed by atoms with Crippen LogP contribution in [0.15, 0.2) is 0 Å². The minimum Gasteiger partial charge on any atom is -0.396 e. The first-order valence-electron chi connectivity index (χ1n) is 7.81. The number of nitrogens with one attached hydrogen (secondary N) is 1. The molecule has 0 saturated carbocycles. The Morgan fingerprint density at radius 1 is 1.36 bits per heavy atom. The van der Waals surface area contributed by atoms with Gasteiger partial charge in [0.25, 0.3) is 0 Å². The summed E-state index contributed by atoms with van der Waals surface area (Å²) in [7, 11) is 0. The third-order valence-corrected chi connectivity index (χ3v) is 4.04. The van der Waals surface area contributed by atoms with E-state index in [0.717, 1.165) is 12.8 Å². The SMILES string of the molecule is CC(C)(CO)CCCNC(=O)C1CCCN(CC(F)(F)F)C1. The van der Waals surface area contributed by atoms with E-state index >= 15 is 0 Å². The van der Waals surface area contributed by atoms with Crippen LogP contribution in [0.5, 0.6) is 0 Å². The van der Waals surface area contributed by atoms with E-state index in [2.05, 4.69) is 5.32 Å². The number of aliphatic hydroxyl groups excluding tert-OH is 1. The maximum Gasteiger partial charge on any atom is 0.401 e. The lowest BCUT2D eigenvalue weighted by molar-refractivity contribution is -0.152. The van der Waals surface area contributed by atoms with Gasteiger partial charge in [0, 0.05) is 19.7 Å². The quantitative estimate of drug-likeness (QED) is 0.706. The number of hydrogen-bond donors (Lipinski definition) is 2. The topological polar surface area (TPSA) is 52.6 Å². The average molecular weight is 324 g/mol. The molecule has 0 aromatic carbocycles. The molecule has 1 atom stereocenters. The van der Waals surface area contributed by atoms with Crippen molar-refractivity contribution >= 4 is 5.91 Å². The molecular formula is C15H27F3N2O2. The molecule has 7 heteroatoms. The molecule has 1 saturated heterocycles. The average Bonchev–Trinajstić information content (AvgIpc) is 2.42. The summed E-state index contributed by atoms with van der Waals surface area (Å²) in [6, 6.07) is 0. The minimum atomic E-state index is -4.21. The highest BCUT2D eigenvalue weighted by atomic mass is 19.4. The van der Waals surface area contributed by atoms with Gasteiger partial charge < -0.3 is 10.4 Å². The molecule has 22 heavy (non-hydrogen) atoms. The molecule has 0 aromatic rings. The molecule has 0 aliphatic carbocycles. The highest BCUT2D eigenvalue weighted by molar-refractivity contribution is 5.78. The van der Waals surface area contributed by atoms with Crippen LogP contribution in [-0.4, -0.2) is 54.9 Å². The molecule has 0 bridgehead atoms. The first-order valence-corrected chi connectivity index (χ1v) is 7.81. The third-order valence-electron chi connectivity index (χ3n) is 4.04. The largest absolute Gasteiger partial charge is 0.401 e. The van der Waals surface area contributed by atoms with Crippen molar-refractivity contribution in [2.75, 3.05) is 32.8 Å². The molecule has 1 aliphatic rings. The number of amides is 1. The number of aliphatic hydroxyl groups is 1. The molecule has 0 radical (unpaired) electrons. The second kappa shape index (κ2) is 8.15. The number of carbonyl (C=O) groups excluding carboxylic acids is 1. The van der Waals surface area contributed by atoms with E-state index in [4.69, 9.17) is 5.11 Å². The Bertz CT molecular complexity index is 359. The normalized spacial score (nSPS) is 20.9. The zero-order valence-electron chi connectivity index (χ0n) is 13.4. The van der Waals surface area contributed by atoms with Crippen LogP contribution in [0.2, 0.25) is 0 Å². The van der Waals surface area contributed by atoms with Gasteiger partial charge in [-0.25, -0.2) is 0 Å². The van der Waals surface area contributed by atoms with Gasteiger partial charge in [0.15, 0.2) is 0 Å². The second-order valence-corrected chi connectivity index (χ2v) is 6.91. The lowest BCUT2D eigenvalue weighted by Gasteiger charge is -2.32. The van der Waals surface area contributed by atoms with E-state index in [1.54, 1.807) is 0 Å². The van der Waals surface area contributed by atoms with Crippen LogP contribution in [0.25, 0.3) is 0 Å². The van der Waals surface area contributed by atoms with Crippen molar-refractivity contribution in [3.8, 4) is 0 Å². The molecule has 1 amide bonds. The van der Waals surface area contributed by atoms with Crippen molar-refractivity contribution < 1.29 is 23.1 Å². The van der Waals surface area contributed by atoms with E-state index in [-0.39, 0.29) is 30.4 Å². The number of nitrogens with zero attached hydrogens (tertiary/aromatic N) is 1. The smallest absolute Gasteiger partial charge is 0.396 e. The number of piperidine rings is 1. The Labute approximate surface area is 130 Å². The number of alkyl halides is 3. The van der Waals surface area contributed by atoms with Gasteiger partial charge in [-0.1, -0.05) is 13.8 Å². The summed E-state index contributed by atoms with van der Waals surface area (Å²) < 4.78 is 37.2. The van der Waals surface area contributed by atoms with E-state index in [1.807, 2.05) is 13.8 Å². The third kappa shape index (κ3) is 7.45. The first kappa shape index (κ1) is 19.2. The highest BCUT2D eigenvalue weighted by Crippen LogP contribution is 2.23. The van der Waals surface area contributed by atoms with Crippen LogP contribution in [0.1, 0.15) is 39.5 Å². The van der Waals surface area contributed by atoms with Crippen LogP contribution in [0, 0.1) is 11.3 Å². The number of rotatable bonds is 7. The van der Waals surface area contributed by atoms with E-state index in [9.17, 15) is 18.0 Å². The summed E-state index contributed by atoms with van der Waals surface area (Å²) in [5.41, 5.74) is -0.168. The van der Waals surface area contributed by atoms with Crippen LogP contribution >= 0.6 is 0 Å². The lowest BCUT2D eigenvalue weighted by Crippen LogP contribution is -2.46. The summed E-state index contributed by atoms with van der Waals surface area (Å²) in [6.07, 6.45) is -1.42. The minimum absolute atomic E-state index is 0.0932. The van der Waals surface area contributed by atoms with E-state index in [0.29, 0.717) is 25.9 Å². The molecule has 0 aromatic heterocycles. The Morgan fingerprint density at radius 3 is 2.64 bits per heavy atom. The molecule has 2 N–H and O–H groups in total. The van der Waals surface area contributed by atoms with Crippen LogP contribution in [-0.2, 0) is 4.79 Å². The van der Waals surface area contributed by atoms with Gasteiger partial charge in [0.2, 0.25) is 5.91 Å². The number of hydrogen-bond acceptors (Lipinski definition) is 3. The van der Waals surface area contributed by atoms with Crippen molar-refractivity contribution in [3.63, 3.8) is 0 Å². The second-order valence-electron chi connectivity index (χ2n) is 6.91. The fourth-order valence-electron chi connectivity index (χ4n) is 2.67. The Morgan fingerprint density at radius 2 is 2.05 bits per heavy atom. The molecule has 1 rings (SSSR count). The zero-order chi connectivity index (χ0) is 16.8. The Balaban J connectivity index is 2.30. The maximum absolute atomic E-state index is 12.4. The monoisotopic (exact) mass is 324 g/mol. The molecule has 130 valence electrons. The molecule has 1 fully saturated rings. The standard InChI is InChI=1S/C15H27F3N2O2/c1-14(2,11-21)6-4-7-19-13(22)12-5-3-8-20(9-12)10-15(16,17)18/h12,21H,3-11H2,1-2H3,(H,19,22). The number of carbonyl (C=O) groups is 1. The van der Waals surface area contributed by atoms with Gasteiger partial charge in [-0.3, -0.25) is 9.69 Å². The van der Waals surface area contributed by atoms with Crippen molar-refractivity contribution in [3.05, 3.63) is 0 Å². The molecule has 4 nitrogen and oxygen atoms in total. The van der Waals surface area contributed by atoms with Gasteiger partial charge in [-0.05, 0) is 37.6 Å². The summed E-state index contributed by atoms with van der Waals surface area (Å²) in [6.45, 7) is 4.12. The van der Waals surface area contributed by atoms with Crippen LogP contribution in [0.4, 0.5) is 13.2 Å². The molecular weight excluding hydrogens is 297 g/mol. The van der Waals surface area contributed by atoms with Crippen molar-refractivity contribution in [1.82, 2.24) is 10.2 Å². The van der Waals surface area contributed by atoms with Gasteiger partial charge in [0.05, 0.1) is 12.5 Å². The predicted molar refractivity (Wildman–Crippen MR) is 78.3 cm³/mol. The van der Waals surface area contributed by atoms with E-state index in [1.165, 1.54) is 4.90 Å². The van der Waals surface area contributed by atoms with E-state index < -0.39 is 12.7 Å². The maximum atomic E-state index is 12.4. The van der Waals surface area contributed by atoms with Crippen molar-refractivity contribution in [2.45, 2.75) is 45.7 Å². The number of halogens is 3. The predicted octanol–water partition coefficient (Wildman–Crippen LogP) is 2.18. The molecule has 1 unspecified atom stereocenters. The molecule has 1 heterocycles. The summed E-state index contributed by atoms with van der Waals surface area (Å²) in [5.74, 6) is -0.518. The lowest BCUT2D eigenvalue weighted by atomic mass is 9.89. The van der Waals surface area contributed by atoms with Gasteiger partial charge in [-0.2, -0.15) is 13.2 Å². The zero-order valence-corrected chi connectivity index (χ0v) is 13.4. The van der Waals surface area contributed by atoms with Gasteiger partial charge in [0.1, 0.15) is 0 Å². The summed E-state index contributed by atoms with van der Waals surface area (Å²) in [5, 5.41) is 11.9. The Hall–Kier alpha value is -0.820. The van der Waals surface area contributed by atoms with Gasteiger partial charge >= 0.3 is 6.18 Å². The van der Waals surface area contributed by atoms with Crippen molar-refractivity contribution in [1.29, 1.82) is 0 Å². The number of likely N-dealkylation sites (tertiary alicyclic amines) is 1. The fraction of sp³-hybridized carbons (Fsp3) is 0.933. The van der Waals surface area contributed by atoms with Gasteiger partial charge in [-0.15, -0.1) is 0 Å². The van der Waals surface area contributed by atoms with Crippen molar-refractivity contribution in [2.24, 2.45) is 11.3 Å². The van der Waals surface area contributed by atoms with Crippen LogP contribution < -0.4 is 5.32 Å². The van der Waals surface area contributed by atoms with Crippen LogP contribution in [0.3, 0.4) is 0 Å². The molecule has 1 aliphatic heterocycles. The summed E-state index contributed by atoms with van der Waals surface area (Å²) >= 11 is 0. The first-order chi connectivity index (χ1) is 10.1. The highest BCUT2D eigenvalue weighted by Gasteiger charge is 2.34. The fourth-order valence-corrected chi connectivity index (χ4v) is 2.67. The summed E-state index contributed by atoms with van der Waals surface area (Å²) in [4.78, 5) is 13.3.